The van der Waals surface area contributed by atoms with E-state index in [2.05, 4.69) is 10.3 Å². The number of hydrogen-bond donors (Lipinski definition) is 2. The fraction of sp³-hybridized carbons (Fsp3) is 0.235. The fourth-order valence-corrected chi connectivity index (χ4v) is 2.31. The first-order valence-corrected chi connectivity index (χ1v) is 8.12. The van der Waals surface area contributed by atoms with Crippen LogP contribution in [0.15, 0.2) is 42.6 Å². The molecule has 2 aromatic rings. The molecule has 2 atom stereocenters. The number of aliphatic hydroxyl groups excluding tert-OH is 1. The highest BCUT2D eigenvalue weighted by atomic mass is 35.5. The SMILES string of the molecule is N#Cc1ccc(-c2ccc(C(O)[C@@H](CF)NC(=O)C(Cl)Cl)cc2)cn1. The summed E-state index contributed by atoms with van der Waals surface area (Å²) in [4.78, 5) is 14.1. The largest absolute Gasteiger partial charge is 0.386 e. The van der Waals surface area contributed by atoms with Gasteiger partial charge in [0.05, 0.1) is 6.04 Å². The Morgan fingerprint density at radius 2 is 1.88 bits per heavy atom. The molecule has 8 heteroatoms. The Balaban J connectivity index is 2.14. The zero-order chi connectivity index (χ0) is 18.4. The lowest BCUT2D eigenvalue weighted by Gasteiger charge is -2.22. The third kappa shape index (κ3) is 4.89. The highest BCUT2D eigenvalue weighted by Crippen LogP contribution is 2.23. The summed E-state index contributed by atoms with van der Waals surface area (Å²) in [5, 5.41) is 21.3. The van der Waals surface area contributed by atoms with Crippen molar-refractivity contribution >= 4 is 29.1 Å². The topological polar surface area (TPSA) is 86.0 Å². The number of nitriles is 1. The molecule has 1 heterocycles. The highest BCUT2D eigenvalue weighted by molar-refractivity contribution is 6.53. The predicted molar refractivity (Wildman–Crippen MR) is 92.7 cm³/mol. The molecule has 0 fully saturated rings. The van der Waals surface area contributed by atoms with Gasteiger partial charge in [-0.25, -0.2) is 9.37 Å². The maximum Gasteiger partial charge on any atom is 0.253 e. The van der Waals surface area contributed by atoms with Gasteiger partial charge in [0, 0.05) is 11.8 Å². The molecule has 0 bridgehead atoms. The van der Waals surface area contributed by atoms with E-state index in [1.165, 1.54) is 0 Å². The average Bonchev–Trinajstić information content (AvgIpc) is 2.65. The maximum atomic E-state index is 13.1. The van der Waals surface area contributed by atoms with Gasteiger partial charge < -0.3 is 10.4 Å². The van der Waals surface area contributed by atoms with Crippen molar-refractivity contribution in [2.45, 2.75) is 17.0 Å². The van der Waals surface area contributed by atoms with Crippen LogP contribution in [-0.2, 0) is 4.79 Å². The molecular weight excluding hydrogens is 368 g/mol. The minimum absolute atomic E-state index is 0.314. The summed E-state index contributed by atoms with van der Waals surface area (Å²) >= 11 is 10.8. The van der Waals surface area contributed by atoms with Gasteiger partial charge in [-0.1, -0.05) is 47.5 Å². The van der Waals surface area contributed by atoms with Crippen LogP contribution in [0.1, 0.15) is 17.4 Å². The molecule has 0 saturated carbocycles. The summed E-state index contributed by atoms with van der Waals surface area (Å²) in [5.41, 5.74) is 2.35. The first kappa shape index (κ1) is 19.1. The van der Waals surface area contributed by atoms with Crippen LogP contribution < -0.4 is 5.32 Å². The number of rotatable bonds is 6. The van der Waals surface area contributed by atoms with Crippen molar-refractivity contribution in [3.63, 3.8) is 0 Å². The van der Waals surface area contributed by atoms with Gasteiger partial charge in [0.25, 0.3) is 5.91 Å². The summed E-state index contributed by atoms with van der Waals surface area (Å²) in [7, 11) is 0. The van der Waals surface area contributed by atoms with Gasteiger partial charge in [0.15, 0.2) is 4.84 Å². The minimum Gasteiger partial charge on any atom is -0.386 e. The van der Waals surface area contributed by atoms with E-state index in [4.69, 9.17) is 28.5 Å². The second-order valence-corrected chi connectivity index (χ2v) is 6.28. The number of halogens is 3. The van der Waals surface area contributed by atoms with Gasteiger partial charge in [0.1, 0.15) is 24.5 Å². The van der Waals surface area contributed by atoms with Crippen LogP contribution in [0.25, 0.3) is 11.1 Å². The Morgan fingerprint density at radius 1 is 1.24 bits per heavy atom. The third-order valence-electron chi connectivity index (χ3n) is 3.54. The number of pyridine rings is 1. The normalized spacial score (nSPS) is 13.1. The lowest BCUT2D eigenvalue weighted by atomic mass is 9.99. The van der Waals surface area contributed by atoms with Crippen LogP contribution in [0.4, 0.5) is 4.39 Å². The average molecular weight is 382 g/mol. The number of aliphatic hydroxyl groups is 1. The fourth-order valence-electron chi connectivity index (χ4n) is 2.18. The Labute approximate surface area is 154 Å². The zero-order valence-electron chi connectivity index (χ0n) is 12.9. The lowest BCUT2D eigenvalue weighted by Crippen LogP contribution is -2.43. The molecule has 0 aliphatic rings. The van der Waals surface area contributed by atoms with E-state index in [-0.39, 0.29) is 0 Å². The first-order chi connectivity index (χ1) is 12.0. The summed E-state index contributed by atoms with van der Waals surface area (Å²) in [6, 6.07) is 10.8. The molecule has 2 rings (SSSR count). The number of alkyl halides is 3. The van der Waals surface area contributed by atoms with Crippen molar-refractivity contribution < 1.29 is 14.3 Å². The van der Waals surface area contributed by atoms with Crippen LogP contribution in [0, 0.1) is 11.3 Å². The summed E-state index contributed by atoms with van der Waals surface area (Å²) in [5.74, 6) is -0.773. The Bertz CT molecular complexity index is 761. The molecule has 0 aliphatic carbocycles. The molecule has 0 saturated heterocycles. The molecule has 0 aliphatic heterocycles. The van der Waals surface area contributed by atoms with Crippen LogP contribution in [0.3, 0.4) is 0 Å². The zero-order valence-corrected chi connectivity index (χ0v) is 14.4. The number of hydrogen-bond acceptors (Lipinski definition) is 4. The van der Waals surface area contributed by atoms with E-state index in [0.717, 1.165) is 11.1 Å². The molecule has 1 unspecified atom stereocenters. The van der Waals surface area contributed by atoms with Crippen LogP contribution in [0.2, 0.25) is 0 Å². The lowest BCUT2D eigenvalue weighted by molar-refractivity contribution is -0.121. The molecule has 0 radical (unpaired) electrons. The Hall–Kier alpha value is -2.20. The molecule has 1 aromatic carbocycles. The molecule has 25 heavy (non-hydrogen) atoms. The first-order valence-electron chi connectivity index (χ1n) is 7.25. The number of carbonyl (C=O) groups is 1. The van der Waals surface area contributed by atoms with E-state index >= 15 is 0 Å². The molecular formula is C17H14Cl2FN3O2. The molecule has 0 spiro atoms. The van der Waals surface area contributed by atoms with Crippen molar-refractivity contribution in [3.8, 4) is 17.2 Å². The number of nitrogens with one attached hydrogen (secondary N) is 1. The molecule has 2 N–H and O–H groups in total. The highest BCUT2D eigenvalue weighted by Gasteiger charge is 2.25. The number of amides is 1. The summed E-state index contributed by atoms with van der Waals surface area (Å²) in [6.45, 7) is -0.977. The quantitative estimate of drug-likeness (QED) is 0.753. The second-order valence-electron chi connectivity index (χ2n) is 5.18. The van der Waals surface area contributed by atoms with Gasteiger partial charge in [-0.3, -0.25) is 4.79 Å². The van der Waals surface area contributed by atoms with Crippen molar-refractivity contribution in [1.29, 1.82) is 5.26 Å². The van der Waals surface area contributed by atoms with E-state index in [1.54, 1.807) is 42.6 Å². The van der Waals surface area contributed by atoms with Crippen LogP contribution in [-0.4, -0.2) is 33.6 Å². The molecule has 1 aromatic heterocycles. The molecule has 1 amide bonds. The standard InChI is InChI=1S/C17H14Cl2FN3O2/c18-16(19)17(25)23-14(7-20)15(24)11-3-1-10(2-4-11)12-5-6-13(8-21)22-9-12/h1-6,9,14-16,24H,7H2,(H,23,25)/t14-,15?/m1/s1. The molecule has 5 nitrogen and oxygen atoms in total. The van der Waals surface area contributed by atoms with Crippen molar-refractivity contribution in [2.75, 3.05) is 6.67 Å². The number of nitrogens with zero attached hydrogens (tertiary/aromatic N) is 2. The minimum atomic E-state index is -1.34. The second kappa shape index (κ2) is 8.77. The monoisotopic (exact) mass is 381 g/mol. The van der Waals surface area contributed by atoms with E-state index in [0.29, 0.717) is 11.3 Å². The van der Waals surface area contributed by atoms with E-state index < -0.39 is 29.6 Å². The van der Waals surface area contributed by atoms with E-state index in [1.807, 2.05) is 6.07 Å². The van der Waals surface area contributed by atoms with Gasteiger partial charge in [-0.15, -0.1) is 0 Å². The van der Waals surface area contributed by atoms with Crippen LogP contribution in [0.5, 0.6) is 0 Å². The third-order valence-corrected chi connectivity index (χ3v) is 3.93. The van der Waals surface area contributed by atoms with E-state index in [9.17, 15) is 14.3 Å². The molecule has 130 valence electrons. The maximum absolute atomic E-state index is 13.1. The van der Waals surface area contributed by atoms with Gasteiger partial charge in [0.2, 0.25) is 0 Å². The van der Waals surface area contributed by atoms with Crippen LogP contribution >= 0.6 is 23.2 Å². The predicted octanol–water partition coefficient (Wildman–Crippen LogP) is 2.91. The number of benzene rings is 1. The number of aromatic nitrogens is 1. The van der Waals surface area contributed by atoms with Crippen molar-refractivity contribution in [2.24, 2.45) is 0 Å². The van der Waals surface area contributed by atoms with Gasteiger partial charge in [-0.2, -0.15) is 5.26 Å². The van der Waals surface area contributed by atoms with Crippen molar-refractivity contribution in [1.82, 2.24) is 10.3 Å². The van der Waals surface area contributed by atoms with Gasteiger partial charge >= 0.3 is 0 Å². The van der Waals surface area contributed by atoms with Gasteiger partial charge in [-0.05, 0) is 23.3 Å². The Kier molecular flexibility index (Phi) is 6.71. The van der Waals surface area contributed by atoms with Crippen molar-refractivity contribution in [3.05, 3.63) is 53.9 Å². The number of carbonyl (C=O) groups excluding carboxylic acids is 1. The summed E-state index contributed by atoms with van der Waals surface area (Å²) in [6.07, 6.45) is 0.310. The smallest absolute Gasteiger partial charge is 0.253 e. The summed E-state index contributed by atoms with van der Waals surface area (Å²) < 4.78 is 13.1. The Morgan fingerprint density at radius 3 is 2.36 bits per heavy atom.